The molecule has 2 rings (SSSR count). The van der Waals surface area contributed by atoms with Gasteiger partial charge in [-0.15, -0.1) is 0 Å². The van der Waals surface area contributed by atoms with Crippen molar-refractivity contribution in [3.8, 4) is 17.6 Å². The summed E-state index contributed by atoms with van der Waals surface area (Å²) in [6, 6.07) is 7.47. The number of ether oxygens (including phenoxy) is 1. The van der Waals surface area contributed by atoms with Crippen LogP contribution in [0, 0.1) is 16.7 Å². The van der Waals surface area contributed by atoms with Gasteiger partial charge < -0.3 is 15.2 Å². The molecule has 0 amide bonds. The van der Waals surface area contributed by atoms with Crippen molar-refractivity contribution in [3.05, 3.63) is 23.8 Å². The summed E-state index contributed by atoms with van der Waals surface area (Å²) in [7, 11) is 0. The van der Waals surface area contributed by atoms with Crippen LogP contribution >= 0.6 is 0 Å². The second-order valence-corrected chi connectivity index (χ2v) is 4.96. The molecule has 0 aromatic heterocycles. The van der Waals surface area contributed by atoms with Gasteiger partial charge in [0.1, 0.15) is 18.1 Å². The Morgan fingerprint density at radius 3 is 3.06 bits per heavy atom. The second kappa shape index (κ2) is 4.27. The SMILES string of the molecule is CC(C)(C#N)CNC1COc2cc(O)ccc21. The van der Waals surface area contributed by atoms with Gasteiger partial charge in [0.2, 0.25) is 0 Å². The molecule has 0 fully saturated rings. The molecule has 0 aliphatic carbocycles. The van der Waals surface area contributed by atoms with E-state index < -0.39 is 0 Å². The molecule has 0 saturated heterocycles. The second-order valence-electron chi connectivity index (χ2n) is 4.96. The minimum Gasteiger partial charge on any atom is -0.508 e. The maximum absolute atomic E-state index is 9.34. The lowest BCUT2D eigenvalue weighted by atomic mass is 9.95. The first kappa shape index (κ1) is 11.7. The summed E-state index contributed by atoms with van der Waals surface area (Å²) in [6.45, 7) is 4.94. The van der Waals surface area contributed by atoms with Gasteiger partial charge in [-0.25, -0.2) is 0 Å². The molecule has 1 unspecified atom stereocenters. The number of aromatic hydroxyl groups is 1. The number of phenols is 1. The first-order valence-electron chi connectivity index (χ1n) is 5.62. The molecule has 17 heavy (non-hydrogen) atoms. The third-order valence-electron chi connectivity index (χ3n) is 2.87. The summed E-state index contributed by atoms with van der Waals surface area (Å²) in [5.74, 6) is 0.930. The summed E-state index contributed by atoms with van der Waals surface area (Å²) in [6.07, 6.45) is 0. The maximum Gasteiger partial charge on any atom is 0.127 e. The van der Waals surface area contributed by atoms with Crippen LogP contribution in [0.4, 0.5) is 0 Å². The Balaban J connectivity index is 2.06. The lowest BCUT2D eigenvalue weighted by molar-refractivity contribution is 0.297. The molecule has 1 heterocycles. The standard InChI is InChI=1S/C13H16N2O2/c1-13(2,7-14)8-15-11-6-17-12-5-9(16)3-4-10(11)12/h3-5,11,15-16H,6,8H2,1-2H3. The number of hydrogen-bond acceptors (Lipinski definition) is 4. The van der Waals surface area contributed by atoms with Crippen LogP contribution in [0.5, 0.6) is 11.5 Å². The number of nitriles is 1. The van der Waals surface area contributed by atoms with Crippen molar-refractivity contribution in [3.63, 3.8) is 0 Å². The van der Waals surface area contributed by atoms with Crippen molar-refractivity contribution in [1.82, 2.24) is 5.32 Å². The van der Waals surface area contributed by atoms with Gasteiger partial charge in [-0.05, 0) is 26.0 Å². The molecule has 1 aromatic rings. The molecule has 0 spiro atoms. The molecule has 0 saturated carbocycles. The molecular formula is C13H16N2O2. The zero-order chi connectivity index (χ0) is 12.5. The largest absolute Gasteiger partial charge is 0.508 e. The van der Waals surface area contributed by atoms with Crippen molar-refractivity contribution in [2.24, 2.45) is 5.41 Å². The zero-order valence-electron chi connectivity index (χ0n) is 10.0. The predicted molar refractivity (Wildman–Crippen MR) is 63.7 cm³/mol. The van der Waals surface area contributed by atoms with Crippen molar-refractivity contribution >= 4 is 0 Å². The predicted octanol–water partition coefficient (Wildman–Crippen LogP) is 1.97. The average molecular weight is 232 g/mol. The van der Waals surface area contributed by atoms with Crippen LogP contribution in [0.3, 0.4) is 0 Å². The molecule has 4 nitrogen and oxygen atoms in total. The molecule has 90 valence electrons. The van der Waals surface area contributed by atoms with Gasteiger partial charge in [-0.1, -0.05) is 0 Å². The van der Waals surface area contributed by atoms with E-state index in [-0.39, 0.29) is 17.2 Å². The highest BCUT2D eigenvalue weighted by atomic mass is 16.5. The van der Waals surface area contributed by atoms with E-state index in [0.29, 0.717) is 13.2 Å². The van der Waals surface area contributed by atoms with E-state index in [2.05, 4.69) is 11.4 Å². The Morgan fingerprint density at radius 2 is 2.35 bits per heavy atom. The lowest BCUT2D eigenvalue weighted by Gasteiger charge is -2.19. The van der Waals surface area contributed by atoms with Crippen molar-refractivity contribution in [2.75, 3.05) is 13.2 Å². The van der Waals surface area contributed by atoms with Gasteiger partial charge in [-0.3, -0.25) is 0 Å². The van der Waals surface area contributed by atoms with Gasteiger partial charge >= 0.3 is 0 Å². The number of nitrogens with zero attached hydrogens (tertiary/aromatic N) is 1. The Hall–Kier alpha value is -1.73. The van der Waals surface area contributed by atoms with Crippen LogP contribution in [-0.4, -0.2) is 18.3 Å². The monoisotopic (exact) mass is 232 g/mol. The Bertz CT molecular complexity index is 463. The molecule has 0 bridgehead atoms. The number of hydrogen-bond donors (Lipinski definition) is 2. The van der Waals surface area contributed by atoms with Gasteiger partial charge in [-0.2, -0.15) is 5.26 Å². The third kappa shape index (κ3) is 2.51. The molecule has 1 atom stereocenters. The Morgan fingerprint density at radius 1 is 1.59 bits per heavy atom. The fourth-order valence-corrected chi connectivity index (χ4v) is 1.79. The normalized spacial score (nSPS) is 18.3. The van der Waals surface area contributed by atoms with E-state index in [1.165, 1.54) is 0 Å². The highest BCUT2D eigenvalue weighted by molar-refractivity contribution is 5.44. The van der Waals surface area contributed by atoms with Gasteiger partial charge in [0, 0.05) is 18.2 Å². The fourth-order valence-electron chi connectivity index (χ4n) is 1.79. The van der Waals surface area contributed by atoms with Crippen LogP contribution in [-0.2, 0) is 0 Å². The van der Waals surface area contributed by atoms with Crippen LogP contribution < -0.4 is 10.1 Å². The molecule has 0 radical (unpaired) electrons. The summed E-state index contributed by atoms with van der Waals surface area (Å²) < 4.78 is 5.49. The molecular weight excluding hydrogens is 216 g/mol. The maximum atomic E-state index is 9.34. The van der Waals surface area contributed by atoms with Crippen LogP contribution in [0.25, 0.3) is 0 Å². The fraction of sp³-hybridized carbons (Fsp3) is 0.462. The Labute approximate surface area is 101 Å². The van der Waals surface area contributed by atoms with Crippen LogP contribution in [0.1, 0.15) is 25.5 Å². The van der Waals surface area contributed by atoms with Crippen molar-refractivity contribution in [1.29, 1.82) is 5.26 Å². The molecule has 4 heteroatoms. The van der Waals surface area contributed by atoms with Crippen LogP contribution in [0.2, 0.25) is 0 Å². The molecule has 1 aromatic carbocycles. The first-order chi connectivity index (χ1) is 8.02. The topological polar surface area (TPSA) is 65.3 Å². The lowest BCUT2D eigenvalue weighted by Crippen LogP contribution is -2.32. The number of fused-ring (bicyclic) bond motifs is 1. The molecule has 2 N–H and O–H groups in total. The smallest absolute Gasteiger partial charge is 0.127 e. The van der Waals surface area contributed by atoms with Gasteiger partial charge in [0.25, 0.3) is 0 Å². The summed E-state index contributed by atoms with van der Waals surface area (Å²) >= 11 is 0. The molecule has 1 aliphatic rings. The van der Waals surface area contributed by atoms with Crippen molar-refractivity contribution in [2.45, 2.75) is 19.9 Å². The number of benzene rings is 1. The van der Waals surface area contributed by atoms with E-state index in [9.17, 15) is 5.11 Å². The van der Waals surface area contributed by atoms with E-state index in [1.807, 2.05) is 19.9 Å². The molecule has 1 aliphatic heterocycles. The summed E-state index contributed by atoms with van der Waals surface area (Å²) in [5.41, 5.74) is 0.649. The van der Waals surface area contributed by atoms with E-state index >= 15 is 0 Å². The van der Waals surface area contributed by atoms with E-state index in [1.54, 1.807) is 12.1 Å². The minimum atomic E-state index is -0.389. The first-order valence-corrected chi connectivity index (χ1v) is 5.62. The van der Waals surface area contributed by atoms with E-state index in [0.717, 1.165) is 11.3 Å². The summed E-state index contributed by atoms with van der Waals surface area (Å²) in [5, 5.41) is 21.6. The van der Waals surface area contributed by atoms with Crippen molar-refractivity contribution < 1.29 is 9.84 Å². The van der Waals surface area contributed by atoms with Gasteiger partial charge in [0.05, 0.1) is 17.5 Å². The Kier molecular flexibility index (Phi) is 2.95. The summed E-state index contributed by atoms with van der Waals surface area (Å²) in [4.78, 5) is 0. The number of nitrogens with one attached hydrogen (secondary N) is 1. The van der Waals surface area contributed by atoms with Gasteiger partial charge in [0.15, 0.2) is 0 Å². The number of rotatable bonds is 3. The van der Waals surface area contributed by atoms with Crippen LogP contribution in [0.15, 0.2) is 18.2 Å². The number of phenolic OH excluding ortho intramolecular Hbond substituents is 1. The average Bonchev–Trinajstić information content (AvgIpc) is 2.69. The zero-order valence-corrected chi connectivity index (χ0v) is 10.0. The highest BCUT2D eigenvalue weighted by Gasteiger charge is 2.26. The third-order valence-corrected chi connectivity index (χ3v) is 2.87. The van der Waals surface area contributed by atoms with E-state index in [4.69, 9.17) is 10.00 Å². The minimum absolute atomic E-state index is 0.0956. The quantitative estimate of drug-likeness (QED) is 0.836. The highest BCUT2D eigenvalue weighted by Crippen LogP contribution is 2.35.